The molecule has 1 saturated heterocycles. The summed E-state index contributed by atoms with van der Waals surface area (Å²) in [6.45, 7) is 21.5. The molecule has 0 spiro atoms. The summed E-state index contributed by atoms with van der Waals surface area (Å²) in [5.41, 5.74) is 6.84. The van der Waals surface area contributed by atoms with Crippen molar-refractivity contribution in [2.24, 2.45) is 5.41 Å². The van der Waals surface area contributed by atoms with Crippen molar-refractivity contribution in [1.29, 1.82) is 0 Å². The minimum atomic E-state index is -1.84. The fraction of sp³-hybridized carbons (Fsp3) is 0.476. The maximum Gasteiger partial charge on any atom is 0.237 e. The van der Waals surface area contributed by atoms with Crippen LogP contribution in [0.25, 0.3) is 22.4 Å². The summed E-state index contributed by atoms with van der Waals surface area (Å²) >= 11 is 14.2. The van der Waals surface area contributed by atoms with Crippen molar-refractivity contribution < 1.29 is 18.7 Å². The number of nitrogens with zero attached hydrogens (tertiary/aromatic N) is 5. The molecule has 0 aliphatic carbocycles. The molecule has 0 radical (unpaired) electrons. The van der Waals surface area contributed by atoms with Crippen molar-refractivity contribution in [2.75, 3.05) is 47.0 Å². The molecule has 288 valence electrons. The zero-order valence-electron chi connectivity index (χ0n) is 33.1. The molecule has 2 aromatic heterocycles. The number of fused-ring (bicyclic) bond motifs is 1. The number of halogens is 2. The van der Waals surface area contributed by atoms with Crippen LogP contribution >= 0.6 is 23.2 Å². The van der Waals surface area contributed by atoms with Gasteiger partial charge in [-0.1, -0.05) is 94.2 Å². The summed E-state index contributed by atoms with van der Waals surface area (Å²) in [7, 11) is 1.42. The topological polar surface area (TPSA) is 89.9 Å². The van der Waals surface area contributed by atoms with Crippen molar-refractivity contribution in [2.45, 2.75) is 78.7 Å². The first kappa shape index (κ1) is 40.3. The number of carbonyl (C=O) groups excluding carboxylic acids is 1. The Morgan fingerprint density at radius 2 is 1.63 bits per heavy atom. The predicted octanol–water partition coefficient (Wildman–Crippen LogP) is 9.18. The standard InChI is InChI=1S/C42H53Cl2N5O4Si/c1-41(2,3)54(8,9)53-19-18-48-17-16-30-34(23-48)46-32(21-37(30)51-6)36(50)20-27-12-10-13-28(38(27)43)29-14-11-15-31(39(29)44)33-22-45-35(40(47-33)52-7)24-49-25-42(4,5)26-49/h10-15,21-22H,16-20,23-26H2,1-9H3. The van der Waals surface area contributed by atoms with Crippen molar-refractivity contribution in [1.82, 2.24) is 24.8 Å². The average Bonchev–Trinajstić information content (AvgIpc) is 3.11. The monoisotopic (exact) mass is 789 g/mol. The maximum absolute atomic E-state index is 13.9. The number of aromatic nitrogens is 3. The molecule has 4 aromatic rings. The molecule has 54 heavy (non-hydrogen) atoms. The van der Waals surface area contributed by atoms with Crippen molar-refractivity contribution in [3.05, 3.63) is 86.9 Å². The Labute approximate surface area is 331 Å². The van der Waals surface area contributed by atoms with E-state index >= 15 is 0 Å². The third-order valence-electron chi connectivity index (χ3n) is 11.1. The number of rotatable bonds is 13. The maximum atomic E-state index is 13.9. The summed E-state index contributed by atoms with van der Waals surface area (Å²) < 4.78 is 17.9. The summed E-state index contributed by atoms with van der Waals surface area (Å²) in [6.07, 6.45) is 2.61. The number of ether oxygens (including phenoxy) is 2. The average molecular weight is 791 g/mol. The van der Waals surface area contributed by atoms with Crippen LogP contribution in [0.2, 0.25) is 28.2 Å². The van der Waals surface area contributed by atoms with E-state index in [1.54, 1.807) is 26.5 Å². The van der Waals surface area contributed by atoms with E-state index < -0.39 is 8.32 Å². The van der Waals surface area contributed by atoms with E-state index in [2.05, 4.69) is 57.5 Å². The second-order valence-corrected chi connectivity index (χ2v) is 22.4. The molecule has 9 nitrogen and oxygen atoms in total. The van der Waals surface area contributed by atoms with Crippen LogP contribution in [0.5, 0.6) is 11.6 Å². The van der Waals surface area contributed by atoms with Crippen LogP contribution in [-0.2, 0) is 30.4 Å². The molecule has 2 aliphatic rings. The number of Topliss-reactive ketones (excluding diaryl/α,β-unsaturated/α-hetero) is 1. The zero-order chi connectivity index (χ0) is 39.0. The molecule has 1 fully saturated rings. The number of benzene rings is 2. The minimum Gasteiger partial charge on any atom is -0.496 e. The van der Waals surface area contributed by atoms with E-state index in [1.807, 2.05) is 36.4 Å². The zero-order valence-corrected chi connectivity index (χ0v) is 35.6. The van der Waals surface area contributed by atoms with Gasteiger partial charge in [0.05, 0.1) is 41.8 Å². The van der Waals surface area contributed by atoms with Crippen molar-refractivity contribution >= 4 is 37.3 Å². The van der Waals surface area contributed by atoms with Gasteiger partial charge in [0, 0.05) is 80.6 Å². The molecule has 12 heteroatoms. The van der Waals surface area contributed by atoms with E-state index in [1.165, 1.54) is 0 Å². The van der Waals surface area contributed by atoms with Gasteiger partial charge < -0.3 is 13.9 Å². The first-order valence-corrected chi connectivity index (χ1v) is 22.3. The Morgan fingerprint density at radius 3 is 2.30 bits per heavy atom. The van der Waals surface area contributed by atoms with E-state index in [0.29, 0.717) is 69.3 Å². The van der Waals surface area contributed by atoms with Gasteiger partial charge in [0.15, 0.2) is 14.1 Å². The van der Waals surface area contributed by atoms with Crippen LogP contribution in [-0.4, -0.2) is 85.9 Å². The van der Waals surface area contributed by atoms with Crippen LogP contribution in [0.4, 0.5) is 0 Å². The van der Waals surface area contributed by atoms with Gasteiger partial charge in [-0.25, -0.2) is 9.97 Å². The lowest BCUT2D eigenvalue weighted by Crippen LogP contribution is -2.52. The predicted molar refractivity (Wildman–Crippen MR) is 219 cm³/mol. The van der Waals surface area contributed by atoms with E-state index in [0.717, 1.165) is 60.7 Å². The third-order valence-corrected chi connectivity index (χ3v) is 16.5. The van der Waals surface area contributed by atoms with Gasteiger partial charge in [-0.2, -0.15) is 0 Å². The number of ketones is 1. The highest BCUT2D eigenvalue weighted by Crippen LogP contribution is 2.41. The van der Waals surface area contributed by atoms with Crippen LogP contribution in [0, 0.1) is 5.41 Å². The van der Waals surface area contributed by atoms with Gasteiger partial charge in [0.1, 0.15) is 17.1 Å². The highest BCUT2D eigenvalue weighted by molar-refractivity contribution is 6.74. The Morgan fingerprint density at radius 1 is 0.944 bits per heavy atom. The van der Waals surface area contributed by atoms with Gasteiger partial charge in [-0.3, -0.25) is 19.6 Å². The Kier molecular flexibility index (Phi) is 11.9. The van der Waals surface area contributed by atoms with E-state index in [9.17, 15) is 4.79 Å². The fourth-order valence-electron chi connectivity index (χ4n) is 7.13. The lowest BCUT2D eigenvalue weighted by Gasteiger charge is -2.45. The Bertz CT molecular complexity index is 2020. The van der Waals surface area contributed by atoms with Crippen LogP contribution in [0.15, 0.2) is 48.7 Å². The fourth-order valence-corrected chi connectivity index (χ4v) is 8.79. The molecule has 0 N–H and O–H groups in total. The largest absolute Gasteiger partial charge is 0.496 e. The molecule has 0 amide bonds. The molecular weight excluding hydrogens is 737 g/mol. The molecule has 2 aromatic carbocycles. The first-order chi connectivity index (χ1) is 25.5. The van der Waals surface area contributed by atoms with Crippen LogP contribution < -0.4 is 9.47 Å². The van der Waals surface area contributed by atoms with Gasteiger partial charge in [0.25, 0.3) is 0 Å². The molecule has 0 bridgehead atoms. The van der Waals surface area contributed by atoms with Crippen LogP contribution in [0.1, 0.15) is 67.6 Å². The van der Waals surface area contributed by atoms with Crippen molar-refractivity contribution in [3.8, 4) is 34.0 Å². The Hall–Kier alpha value is -3.38. The highest BCUT2D eigenvalue weighted by atomic mass is 35.5. The molecule has 0 unspecified atom stereocenters. The summed E-state index contributed by atoms with van der Waals surface area (Å²) in [4.78, 5) is 33.0. The number of hydrogen-bond acceptors (Lipinski definition) is 9. The SMILES string of the molecule is COc1cc(C(=O)Cc2cccc(-c3cccc(-c4cnc(CN5CC(C)(C)C5)c(OC)n4)c3Cl)c2Cl)nc2c1CCN(CCO[Si](C)(C)C(C)(C)C)C2. The lowest BCUT2D eigenvalue weighted by atomic mass is 9.84. The minimum absolute atomic E-state index is 0.0708. The molecule has 4 heterocycles. The summed E-state index contributed by atoms with van der Waals surface area (Å²) in [5, 5.41) is 1.10. The molecule has 6 rings (SSSR count). The van der Waals surface area contributed by atoms with E-state index in [4.69, 9.17) is 52.1 Å². The van der Waals surface area contributed by atoms with E-state index in [-0.39, 0.29) is 17.2 Å². The Balaban J connectivity index is 1.19. The van der Waals surface area contributed by atoms with Crippen LogP contribution in [0.3, 0.4) is 0 Å². The molecule has 0 atom stereocenters. The number of hydrogen-bond donors (Lipinski definition) is 0. The number of pyridine rings is 1. The molecule has 2 aliphatic heterocycles. The summed E-state index contributed by atoms with van der Waals surface area (Å²) in [6, 6.07) is 13.2. The van der Waals surface area contributed by atoms with Crippen molar-refractivity contribution in [3.63, 3.8) is 0 Å². The molecular formula is C42H53Cl2N5O4Si. The van der Waals surface area contributed by atoms with Gasteiger partial charge in [-0.05, 0) is 35.5 Å². The van der Waals surface area contributed by atoms with Gasteiger partial charge in [0.2, 0.25) is 5.88 Å². The second-order valence-electron chi connectivity index (χ2n) is 16.8. The summed E-state index contributed by atoms with van der Waals surface area (Å²) in [5.74, 6) is 1.03. The molecule has 0 saturated carbocycles. The smallest absolute Gasteiger partial charge is 0.237 e. The second kappa shape index (κ2) is 16.0. The third kappa shape index (κ3) is 8.69. The normalized spacial score (nSPS) is 16.1. The lowest BCUT2D eigenvalue weighted by molar-refractivity contribution is 0.0225. The van der Waals surface area contributed by atoms with Gasteiger partial charge in [-0.15, -0.1) is 0 Å². The van der Waals surface area contributed by atoms with Gasteiger partial charge >= 0.3 is 0 Å². The number of likely N-dealkylation sites (tertiary alicyclic amines) is 1. The number of carbonyl (C=O) groups is 1. The first-order valence-electron chi connectivity index (χ1n) is 18.7. The quantitative estimate of drug-likeness (QED) is 0.0972. The number of methoxy groups -OCH3 is 2. The highest BCUT2D eigenvalue weighted by Gasteiger charge is 2.37.